The molecule has 2 aliphatic heterocycles. The molecule has 0 aliphatic carbocycles. The van der Waals surface area contributed by atoms with Crippen LogP contribution in [0.4, 0.5) is 13.6 Å². The fourth-order valence-corrected chi connectivity index (χ4v) is 8.23. The zero-order valence-electron chi connectivity index (χ0n) is 45.2. The molecule has 4 atom stereocenters. The maximum Gasteiger partial charge on any atom is 0.410 e. The minimum atomic E-state index is -1.05. The van der Waals surface area contributed by atoms with Gasteiger partial charge < -0.3 is 71.0 Å². The molecule has 4 aromatic carbocycles. The number of H-pyrrole nitrogens is 2. The van der Waals surface area contributed by atoms with Gasteiger partial charge in [-0.1, -0.05) is 24.3 Å². The minimum absolute atomic E-state index is 0.0718. The molecule has 82 heavy (non-hydrogen) atoms. The number of nitrogens with zero attached hydrogens (tertiary/aromatic N) is 1. The number of phenolic OH excluding ortho intramolecular Hbond substituents is 1. The number of likely N-dealkylation sites (tertiary alicyclic amines) is 1. The monoisotopic (exact) mass is 1130 g/mol. The summed E-state index contributed by atoms with van der Waals surface area (Å²) in [6.07, 6.45) is 1.98. The maximum absolute atomic E-state index is 14.9. The van der Waals surface area contributed by atoms with Gasteiger partial charge >= 0.3 is 12.1 Å². The summed E-state index contributed by atoms with van der Waals surface area (Å²) in [6.45, 7) is 8.62. The number of ether oxygens (including phenoxy) is 4. The molecule has 10 N–H and O–H groups in total. The predicted octanol–water partition coefficient (Wildman–Crippen LogP) is 4.17. The van der Waals surface area contributed by atoms with Crippen LogP contribution in [0, 0.1) is 11.6 Å². The van der Waals surface area contributed by atoms with Gasteiger partial charge in [0.1, 0.15) is 28.2 Å². The van der Waals surface area contributed by atoms with E-state index in [0.717, 1.165) is 6.20 Å². The van der Waals surface area contributed by atoms with E-state index in [4.69, 9.17) is 29.8 Å². The van der Waals surface area contributed by atoms with Crippen molar-refractivity contribution in [2.45, 2.75) is 57.5 Å². The molecule has 23 nitrogen and oxygen atoms in total. The molecular formula is C57H60F2N8O15. The quantitative estimate of drug-likeness (QED) is 0.0652. The lowest BCUT2D eigenvalue weighted by Crippen LogP contribution is -2.51. The molecule has 25 heteroatoms. The van der Waals surface area contributed by atoms with Crippen molar-refractivity contribution in [1.82, 2.24) is 36.1 Å². The second-order valence-electron chi connectivity index (χ2n) is 19.3. The first-order chi connectivity index (χ1) is 38.9. The highest BCUT2D eigenvalue weighted by molar-refractivity contribution is 6.12. The summed E-state index contributed by atoms with van der Waals surface area (Å²) < 4.78 is 50.1. The third-order valence-electron chi connectivity index (χ3n) is 12.4. The fraction of sp³-hybridized carbons (Fsp3) is 0.281. The molecule has 0 bridgehead atoms. The lowest BCUT2D eigenvalue weighted by atomic mass is 10.00. The average Bonchev–Trinajstić information content (AvgIpc) is 4.11. The second-order valence-corrected chi connectivity index (χ2v) is 19.3. The van der Waals surface area contributed by atoms with E-state index < -0.39 is 94.1 Å². The number of methoxy groups -OCH3 is 2. The Morgan fingerprint density at radius 1 is 0.610 bits per heavy atom. The van der Waals surface area contributed by atoms with Crippen LogP contribution in [-0.2, 0) is 4.74 Å². The molecule has 4 amide bonds. The third kappa shape index (κ3) is 15.8. The van der Waals surface area contributed by atoms with Gasteiger partial charge in [0, 0.05) is 79.0 Å². The Morgan fingerprint density at radius 2 is 1.04 bits per heavy atom. The Hall–Kier alpha value is -9.75. The van der Waals surface area contributed by atoms with Crippen LogP contribution >= 0.6 is 0 Å². The number of rotatable bonds is 15. The number of aromatic carboxylic acids is 1. The van der Waals surface area contributed by atoms with Crippen LogP contribution in [0.15, 0.2) is 119 Å². The van der Waals surface area contributed by atoms with Gasteiger partial charge in [-0.25, -0.2) is 18.4 Å². The van der Waals surface area contributed by atoms with Crippen molar-refractivity contribution in [1.29, 1.82) is 0 Å². The van der Waals surface area contributed by atoms with Crippen LogP contribution < -0.4 is 52.3 Å². The van der Waals surface area contributed by atoms with Crippen molar-refractivity contribution in [3.05, 3.63) is 186 Å². The number of nitrogens with two attached hydrogens (primary N) is 1. The lowest BCUT2D eigenvalue weighted by molar-refractivity contribution is 0.0287. The second kappa shape index (κ2) is 27.4. The number of hydrogen-bond donors (Lipinski definition) is 9. The zero-order valence-corrected chi connectivity index (χ0v) is 45.2. The van der Waals surface area contributed by atoms with Gasteiger partial charge in [0.2, 0.25) is 11.1 Å². The van der Waals surface area contributed by atoms with E-state index in [1.165, 1.54) is 122 Å². The van der Waals surface area contributed by atoms with Crippen molar-refractivity contribution in [3.8, 4) is 23.0 Å². The molecule has 6 aromatic rings. The highest BCUT2D eigenvalue weighted by atomic mass is 19.1. The first kappa shape index (κ1) is 61.5. The van der Waals surface area contributed by atoms with E-state index in [1.54, 1.807) is 27.7 Å². The van der Waals surface area contributed by atoms with Crippen LogP contribution in [0.1, 0.15) is 101 Å². The molecular weight excluding hydrogens is 1070 g/mol. The number of halogens is 2. The van der Waals surface area contributed by atoms with Crippen molar-refractivity contribution >= 4 is 41.4 Å². The van der Waals surface area contributed by atoms with Gasteiger partial charge in [-0.15, -0.1) is 0 Å². The van der Waals surface area contributed by atoms with E-state index in [1.807, 2.05) is 0 Å². The molecule has 2 aliphatic rings. The van der Waals surface area contributed by atoms with Gasteiger partial charge in [-0.3, -0.25) is 33.6 Å². The smallest absolute Gasteiger partial charge is 0.410 e. The summed E-state index contributed by atoms with van der Waals surface area (Å²) in [4.78, 5) is 114. The predicted molar refractivity (Wildman–Crippen MR) is 292 cm³/mol. The molecule has 2 saturated heterocycles. The van der Waals surface area contributed by atoms with E-state index in [9.17, 15) is 57.0 Å². The molecule has 4 heterocycles. The topological polar surface area (TPSA) is 340 Å². The highest BCUT2D eigenvalue weighted by Crippen LogP contribution is 2.32. The van der Waals surface area contributed by atoms with Gasteiger partial charge in [-0.2, -0.15) is 0 Å². The Labute approximate surface area is 467 Å². The van der Waals surface area contributed by atoms with Gasteiger partial charge in [0.15, 0.2) is 34.7 Å². The van der Waals surface area contributed by atoms with Crippen LogP contribution in [0.5, 0.6) is 23.0 Å². The standard InChI is InChI=1S/C26H32FN3O6.C25H23FN4O6.C6H5NO3/c1-6-35-19-11-12-20(34-5)22(27)21(19)23(31)15-7-9-16(10-8-15)24(32)29-18-14-30(13-17(18)28)25(33)36-26(2,3)4;1-36-19-8-7-18(31)21(22(19)26)23(33)13-2-4-14(5-3-13)24(34)29-16-11-27-12-17(16)30-25(35)15-6-9-20(32)28-10-15;8-5-2-1-4(3-7-5)6(9)10/h7-12,17-18H,6,13-14,28H2,1-5H3,(H,29,32);2-10,16-17,27,31H,11-12H2,1H3,(H,28,32)(H,29,34)(H,30,35);1-3H,(H,7,8)(H,9,10)/t17-,18-;16-,17-;/m11./s1. The third-order valence-corrected chi connectivity index (χ3v) is 12.4. The molecule has 0 saturated carbocycles. The Kier molecular flexibility index (Phi) is 20.5. The van der Waals surface area contributed by atoms with Crippen LogP contribution in [-0.4, -0.2) is 143 Å². The number of aromatic amines is 2. The number of pyridine rings is 2. The summed E-state index contributed by atoms with van der Waals surface area (Å²) in [6, 6.07) is 19.9. The Bertz CT molecular complexity index is 3420. The number of amides is 4. The lowest BCUT2D eigenvalue weighted by Gasteiger charge is -2.24. The molecule has 0 radical (unpaired) electrons. The number of nitrogens with one attached hydrogen (secondary N) is 6. The normalized spacial score (nSPS) is 16.2. The maximum atomic E-state index is 14.9. The number of aromatic hydroxyl groups is 1. The summed E-state index contributed by atoms with van der Waals surface area (Å²) in [5.74, 6) is -6.13. The van der Waals surface area contributed by atoms with Crippen LogP contribution in [0.25, 0.3) is 0 Å². The van der Waals surface area contributed by atoms with Crippen molar-refractivity contribution < 1.29 is 71.5 Å². The summed E-state index contributed by atoms with van der Waals surface area (Å²) >= 11 is 0. The van der Waals surface area contributed by atoms with E-state index in [2.05, 4.69) is 31.2 Å². The zero-order chi connectivity index (χ0) is 60.0. The summed E-state index contributed by atoms with van der Waals surface area (Å²) in [5, 5.41) is 30.0. The van der Waals surface area contributed by atoms with Gasteiger partial charge in [0.25, 0.3) is 17.7 Å². The van der Waals surface area contributed by atoms with Gasteiger partial charge in [-0.05, 0) is 88.4 Å². The number of carbonyl (C=O) groups excluding carboxylic acids is 6. The summed E-state index contributed by atoms with van der Waals surface area (Å²) in [5.41, 5.74) is 5.25. The number of benzene rings is 4. The fourth-order valence-electron chi connectivity index (χ4n) is 8.23. The number of carboxylic acids is 1. The molecule has 2 fully saturated rings. The first-order valence-electron chi connectivity index (χ1n) is 25.2. The number of aromatic nitrogens is 2. The van der Waals surface area contributed by atoms with Crippen molar-refractivity contribution in [2.24, 2.45) is 5.73 Å². The SMILES string of the molecule is CCOc1ccc(OC)c(F)c1C(=O)c1ccc(C(=O)N[C@@H]2CN(C(=O)OC(C)(C)C)C[C@H]2N)cc1.COc1ccc(O)c(C(=O)c2ccc(C(=O)N[C@@H]3CNC[C@H]3NC(=O)c3ccc(=O)[nH]c3)cc2)c1F.O=C(O)c1ccc(=O)[nH]c1. The number of ketones is 2. The minimum Gasteiger partial charge on any atom is -0.507 e. The van der Waals surface area contributed by atoms with Crippen molar-refractivity contribution in [3.63, 3.8) is 0 Å². The number of phenols is 1. The Morgan fingerprint density at radius 3 is 1.50 bits per heavy atom. The first-order valence-corrected chi connectivity index (χ1v) is 25.2. The number of carboxylic acid groups (broad SMARTS) is 1. The number of carbonyl (C=O) groups is 7. The largest absolute Gasteiger partial charge is 0.507 e. The van der Waals surface area contributed by atoms with E-state index >= 15 is 0 Å². The van der Waals surface area contributed by atoms with E-state index in [-0.39, 0.29) is 87.0 Å². The molecule has 432 valence electrons. The summed E-state index contributed by atoms with van der Waals surface area (Å²) in [7, 11) is 2.56. The van der Waals surface area contributed by atoms with E-state index in [0.29, 0.717) is 13.1 Å². The number of hydrogen-bond acceptors (Lipinski definition) is 16. The molecule has 0 unspecified atom stereocenters. The average molecular weight is 1140 g/mol. The Balaban J connectivity index is 0.000000225. The molecule has 0 spiro atoms. The van der Waals surface area contributed by atoms with Gasteiger partial charge in [0.05, 0.1) is 50.1 Å². The highest BCUT2D eigenvalue weighted by Gasteiger charge is 2.37. The van der Waals surface area contributed by atoms with Crippen LogP contribution in [0.2, 0.25) is 0 Å². The van der Waals surface area contributed by atoms with Crippen molar-refractivity contribution in [2.75, 3.05) is 47.0 Å². The molecule has 2 aromatic heterocycles. The molecule has 8 rings (SSSR count). The van der Waals surface area contributed by atoms with Crippen LogP contribution in [0.3, 0.4) is 0 Å².